The van der Waals surface area contributed by atoms with Gasteiger partial charge in [-0.15, -0.1) is 0 Å². The van der Waals surface area contributed by atoms with E-state index in [1.54, 1.807) is 18.2 Å². The third-order valence-corrected chi connectivity index (χ3v) is 2.96. The highest BCUT2D eigenvalue weighted by Crippen LogP contribution is 2.22. The van der Waals surface area contributed by atoms with E-state index in [0.29, 0.717) is 15.8 Å². The normalized spacial score (nSPS) is 11.2. The minimum atomic E-state index is -2.78. The largest absolute Gasteiger partial charge is 0.497 e. The minimum Gasteiger partial charge on any atom is -0.497 e. The van der Waals surface area contributed by atoms with Crippen LogP contribution in [0.25, 0.3) is 0 Å². The zero-order valence-electron chi connectivity index (χ0n) is 10.1. The van der Waals surface area contributed by atoms with Crippen LogP contribution in [0.4, 0.5) is 8.78 Å². The predicted molar refractivity (Wildman–Crippen MR) is 68.3 cm³/mol. The number of hydrogen-bond donors (Lipinski definition) is 1. The van der Waals surface area contributed by atoms with Crippen LogP contribution in [0.1, 0.15) is 23.7 Å². The van der Waals surface area contributed by atoms with Crippen molar-refractivity contribution in [3.05, 3.63) is 28.2 Å². The van der Waals surface area contributed by atoms with E-state index in [9.17, 15) is 13.6 Å². The number of carbonyl (C=O) groups excluding carboxylic acids is 1. The van der Waals surface area contributed by atoms with Gasteiger partial charge in [0.15, 0.2) is 0 Å². The van der Waals surface area contributed by atoms with Crippen molar-refractivity contribution >= 4 is 21.8 Å². The Balaban J connectivity index is 2.66. The highest BCUT2D eigenvalue weighted by Gasteiger charge is 2.21. The number of alkyl halides is 2. The van der Waals surface area contributed by atoms with E-state index in [4.69, 9.17) is 4.74 Å². The number of methoxy groups -OCH3 is 1. The second-order valence-electron chi connectivity index (χ2n) is 3.92. The zero-order chi connectivity index (χ0) is 13.8. The topological polar surface area (TPSA) is 38.3 Å². The molecule has 0 aliphatic carbocycles. The molecule has 100 valence electrons. The summed E-state index contributed by atoms with van der Waals surface area (Å²) in [5.74, 6) is -2.66. The van der Waals surface area contributed by atoms with Gasteiger partial charge in [-0.3, -0.25) is 4.79 Å². The van der Waals surface area contributed by atoms with Crippen LogP contribution in [-0.4, -0.2) is 25.5 Å². The fraction of sp³-hybridized carbons (Fsp3) is 0.417. The number of benzene rings is 1. The van der Waals surface area contributed by atoms with Crippen molar-refractivity contribution in [1.29, 1.82) is 0 Å². The van der Waals surface area contributed by atoms with Gasteiger partial charge in [-0.2, -0.15) is 0 Å². The summed E-state index contributed by atoms with van der Waals surface area (Å²) in [4.78, 5) is 11.8. The third kappa shape index (κ3) is 4.60. The van der Waals surface area contributed by atoms with E-state index in [1.165, 1.54) is 7.11 Å². The number of nitrogens with one attached hydrogen (secondary N) is 1. The van der Waals surface area contributed by atoms with Crippen LogP contribution >= 0.6 is 15.9 Å². The van der Waals surface area contributed by atoms with Crippen LogP contribution in [-0.2, 0) is 0 Å². The molecule has 0 aliphatic heterocycles. The molecular formula is C12H14BrF2NO2. The van der Waals surface area contributed by atoms with Crippen molar-refractivity contribution in [2.24, 2.45) is 0 Å². The molecule has 0 aromatic heterocycles. The summed E-state index contributed by atoms with van der Waals surface area (Å²) in [7, 11) is 1.49. The van der Waals surface area contributed by atoms with Crippen LogP contribution < -0.4 is 10.1 Å². The summed E-state index contributed by atoms with van der Waals surface area (Å²) < 4.78 is 30.8. The van der Waals surface area contributed by atoms with Gasteiger partial charge >= 0.3 is 0 Å². The number of ether oxygens (including phenoxy) is 1. The van der Waals surface area contributed by atoms with E-state index in [2.05, 4.69) is 21.2 Å². The van der Waals surface area contributed by atoms with Crippen LogP contribution in [0.2, 0.25) is 0 Å². The Hall–Kier alpha value is -1.17. The molecule has 0 aliphatic rings. The van der Waals surface area contributed by atoms with Gasteiger partial charge in [0.1, 0.15) is 5.75 Å². The number of halogens is 3. The highest BCUT2D eigenvalue weighted by atomic mass is 79.9. The van der Waals surface area contributed by atoms with Crippen molar-refractivity contribution in [1.82, 2.24) is 5.32 Å². The van der Waals surface area contributed by atoms with E-state index < -0.39 is 11.8 Å². The molecule has 0 atom stereocenters. The molecule has 6 heteroatoms. The Kier molecular flexibility index (Phi) is 5.07. The van der Waals surface area contributed by atoms with E-state index in [0.717, 1.165) is 6.92 Å². The summed E-state index contributed by atoms with van der Waals surface area (Å²) in [6.45, 7) is 0.743. The van der Waals surface area contributed by atoms with Gasteiger partial charge in [-0.05, 0) is 41.1 Å². The lowest BCUT2D eigenvalue weighted by Gasteiger charge is -2.11. The molecule has 0 unspecified atom stereocenters. The first-order valence-corrected chi connectivity index (χ1v) is 6.12. The van der Waals surface area contributed by atoms with E-state index in [1.807, 2.05) is 0 Å². The van der Waals surface area contributed by atoms with Gasteiger partial charge in [-0.1, -0.05) is 0 Å². The lowest BCUT2D eigenvalue weighted by atomic mass is 10.2. The van der Waals surface area contributed by atoms with Crippen molar-refractivity contribution < 1.29 is 18.3 Å². The van der Waals surface area contributed by atoms with Crippen molar-refractivity contribution in [2.45, 2.75) is 19.3 Å². The Labute approximate surface area is 113 Å². The molecule has 0 heterocycles. The maximum absolute atomic E-state index is 12.6. The van der Waals surface area contributed by atoms with Crippen LogP contribution in [0, 0.1) is 0 Å². The molecule has 0 bridgehead atoms. The minimum absolute atomic E-state index is 0.0774. The van der Waals surface area contributed by atoms with E-state index >= 15 is 0 Å². The molecule has 0 saturated carbocycles. The predicted octanol–water partition coefficient (Wildman–Crippen LogP) is 3.23. The number of rotatable bonds is 5. The van der Waals surface area contributed by atoms with E-state index in [-0.39, 0.29) is 13.0 Å². The van der Waals surface area contributed by atoms with Crippen LogP contribution in [0.5, 0.6) is 5.75 Å². The SMILES string of the molecule is COc1ccc(Br)c(C(=O)NCCC(C)(F)F)c1. The Morgan fingerprint density at radius 1 is 1.50 bits per heavy atom. The first kappa shape index (κ1) is 14.9. The van der Waals surface area contributed by atoms with Gasteiger partial charge in [0.05, 0.1) is 12.7 Å². The molecule has 1 N–H and O–H groups in total. The monoisotopic (exact) mass is 321 g/mol. The maximum atomic E-state index is 12.6. The first-order valence-electron chi connectivity index (χ1n) is 5.33. The molecule has 1 rings (SSSR count). The summed E-state index contributed by atoms with van der Waals surface area (Å²) in [6.07, 6.45) is -0.389. The number of carbonyl (C=O) groups is 1. The van der Waals surface area contributed by atoms with Gasteiger partial charge in [0.2, 0.25) is 5.92 Å². The fourth-order valence-electron chi connectivity index (χ4n) is 1.30. The Bertz CT molecular complexity index is 433. The van der Waals surface area contributed by atoms with Crippen LogP contribution in [0.15, 0.2) is 22.7 Å². The van der Waals surface area contributed by atoms with Gasteiger partial charge in [-0.25, -0.2) is 8.78 Å². The second kappa shape index (κ2) is 6.13. The fourth-order valence-corrected chi connectivity index (χ4v) is 1.72. The quantitative estimate of drug-likeness (QED) is 0.904. The Morgan fingerprint density at radius 2 is 2.17 bits per heavy atom. The third-order valence-electron chi connectivity index (χ3n) is 2.27. The van der Waals surface area contributed by atoms with Gasteiger partial charge < -0.3 is 10.1 Å². The summed E-state index contributed by atoms with van der Waals surface area (Å²) in [5, 5.41) is 2.44. The molecule has 0 radical (unpaired) electrons. The molecule has 18 heavy (non-hydrogen) atoms. The van der Waals surface area contributed by atoms with Gasteiger partial charge in [0.25, 0.3) is 5.91 Å². The zero-order valence-corrected chi connectivity index (χ0v) is 11.7. The lowest BCUT2D eigenvalue weighted by Crippen LogP contribution is -2.28. The summed E-state index contributed by atoms with van der Waals surface area (Å²) >= 11 is 3.23. The van der Waals surface area contributed by atoms with Gasteiger partial charge in [0, 0.05) is 17.4 Å². The standard InChI is InChI=1S/C12H14BrF2NO2/c1-12(14,15)5-6-16-11(17)9-7-8(18-2)3-4-10(9)13/h3-4,7H,5-6H2,1-2H3,(H,16,17). The average Bonchev–Trinajstić information content (AvgIpc) is 2.27. The summed E-state index contributed by atoms with van der Waals surface area (Å²) in [6, 6.07) is 4.91. The van der Waals surface area contributed by atoms with Crippen molar-refractivity contribution in [2.75, 3.05) is 13.7 Å². The molecular weight excluding hydrogens is 308 g/mol. The summed E-state index contributed by atoms with van der Waals surface area (Å²) in [5.41, 5.74) is 0.355. The van der Waals surface area contributed by atoms with Crippen LogP contribution in [0.3, 0.4) is 0 Å². The smallest absolute Gasteiger partial charge is 0.252 e. The Morgan fingerprint density at radius 3 is 2.72 bits per heavy atom. The molecule has 0 fully saturated rings. The first-order chi connectivity index (χ1) is 8.33. The molecule has 1 aromatic rings. The molecule has 3 nitrogen and oxygen atoms in total. The second-order valence-corrected chi connectivity index (χ2v) is 4.78. The molecule has 0 spiro atoms. The highest BCUT2D eigenvalue weighted by molar-refractivity contribution is 9.10. The maximum Gasteiger partial charge on any atom is 0.252 e. The molecule has 1 amide bonds. The average molecular weight is 322 g/mol. The number of hydrogen-bond acceptors (Lipinski definition) is 2. The molecule has 1 aromatic carbocycles. The lowest BCUT2D eigenvalue weighted by molar-refractivity contribution is 0.0137. The van der Waals surface area contributed by atoms with Crippen molar-refractivity contribution in [3.63, 3.8) is 0 Å². The number of amides is 1. The molecule has 0 saturated heterocycles. The van der Waals surface area contributed by atoms with Crippen molar-refractivity contribution in [3.8, 4) is 5.75 Å².